The molecular weight excluding hydrogens is 512 g/mol. The fourth-order valence-electron chi connectivity index (χ4n) is 2.88. The van der Waals surface area contributed by atoms with E-state index in [4.69, 9.17) is 9.47 Å². The zero-order valence-electron chi connectivity index (χ0n) is 21.1. The number of ether oxygens (including phenoxy) is 2. The summed E-state index contributed by atoms with van der Waals surface area (Å²) in [5.74, 6) is -1.05. The number of rotatable bonds is 7. The summed E-state index contributed by atoms with van der Waals surface area (Å²) in [5, 5.41) is 8.03. The molecule has 0 bridgehead atoms. The number of nitrogens with zero attached hydrogens (tertiary/aromatic N) is 1. The monoisotopic (exact) mass is 544 g/mol. The smallest absolute Gasteiger partial charge is 0.410 e. The average molecular weight is 545 g/mol. The first-order chi connectivity index (χ1) is 18.2. The van der Waals surface area contributed by atoms with Crippen molar-refractivity contribution in [2.75, 3.05) is 20.1 Å². The van der Waals surface area contributed by atoms with Crippen LogP contribution in [0.2, 0.25) is 0 Å². The lowest BCUT2D eigenvalue weighted by Crippen LogP contribution is -2.33. The van der Waals surface area contributed by atoms with E-state index < -0.39 is 24.1 Å². The zero-order valence-corrected chi connectivity index (χ0v) is 21.1. The van der Waals surface area contributed by atoms with Gasteiger partial charge in [0.2, 0.25) is 0 Å². The standard InChI is InChI=1S/C14H14N2O6.C11H14N2O3.CH4/c1-2-15-13(19)9-3-5-10(6-4-9)21-14(20)22-16-11(17)7-8-12(16)18;1-3-13-10(14)8-4-6-9(7-5-8)16-11(15)12-2;/h3-6H,2,7-8H2,1H3,(H,15,19);4-7H,3H2,1-2H3,(H,12,15)(H,13,14);1H4. The summed E-state index contributed by atoms with van der Waals surface area (Å²) in [6.07, 6.45) is -1.72. The molecule has 2 aromatic rings. The average Bonchev–Trinajstić information content (AvgIpc) is 3.22. The van der Waals surface area contributed by atoms with Gasteiger partial charge in [-0.3, -0.25) is 24.0 Å². The van der Waals surface area contributed by atoms with Gasteiger partial charge in [0.15, 0.2) is 0 Å². The number of imide groups is 1. The second-order valence-electron chi connectivity index (χ2n) is 7.43. The van der Waals surface area contributed by atoms with Crippen molar-refractivity contribution in [1.82, 2.24) is 21.0 Å². The number of amides is 5. The highest BCUT2D eigenvalue weighted by molar-refractivity contribution is 6.01. The molecule has 3 N–H and O–H groups in total. The van der Waals surface area contributed by atoms with Crippen LogP contribution >= 0.6 is 0 Å². The van der Waals surface area contributed by atoms with E-state index in [1.165, 1.54) is 31.3 Å². The molecule has 3 rings (SSSR count). The van der Waals surface area contributed by atoms with Crippen LogP contribution in [0.25, 0.3) is 0 Å². The highest BCUT2D eigenvalue weighted by Gasteiger charge is 2.33. The molecule has 1 heterocycles. The molecule has 210 valence electrons. The van der Waals surface area contributed by atoms with Crippen LogP contribution in [-0.4, -0.2) is 61.1 Å². The van der Waals surface area contributed by atoms with E-state index in [-0.39, 0.29) is 37.8 Å². The van der Waals surface area contributed by atoms with Crippen molar-refractivity contribution in [1.29, 1.82) is 0 Å². The Morgan fingerprint density at radius 3 is 1.54 bits per heavy atom. The fraction of sp³-hybridized carbons (Fsp3) is 0.308. The third-order valence-electron chi connectivity index (χ3n) is 4.70. The van der Waals surface area contributed by atoms with Crippen molar-refractivity contribution in [2.24, 2.45) is 0 Å². The van der Waals surface area contributed by atoms with Crippen LogP contribution in [0.15, 0.2) is 48.5 Å². The van der Waals surface area contributed by atoms with Gasteiger partial charge in [-0.25, -0.2) is 9.59 Å². The minimum atomic E-state index is -1.20. The third-order valence-corrected chi connectivity index (χ3v) is 4.70. The molecule has 0 spiro atoms. The lowest BCUT2D eigenvalue weighted by atomic mass is 10.2. The van der Waals surface area contributed by atoms with E-state index in [0.29, 0.717) is 35.0 Å². The van der Waals surface area contributed by atoms with Crippen LogP contribution in [0, 0.1) is 0 Å². The molecule has 13 heteroatoms. The zero-order chi connectivity index (χ0) is 28.1. The summed E-state index contributed by atoms with van der Waals surface area (Å²) >= 11 is 0. The van der Waals surface area contributed by atoms with Gasteiger partial charge >= 0.3 is 12.2 Å². The van der Waals surface area contributed by atoms with Gasteiger partial charge in [0, 0.05) is 44.1 Å². The molecule has 1 fully saturated rings. The largest absolute Gasteiger partial charge is 0.539 e. The third kappa shape index (κ3) is 10.1. The molecule has 1 aliphatic rings. The summed E-state index contributed by atoms with van der Waals surface area (Å²) in [6, 6.07) is 12.1. The normalized spacial score (nSPS) is 11.7. The number of hydrogen-bond donors (Lipinski definition) is 3. The van der Waals surface area contributed by atoms with Gasteiger partial charge in [-0.1, -0.05) is 12.5 Å². The fourth-order valence-corrected chi connectivity index (χ4v) is 2.88. The van der Waals surface area contributed by atoms with E-state index in [1.54, 1.807) is 31.2 Å². The number of carbonyl (C=O) groups is 6. The van der Waals surface area contributed by atoms with Crippen molar-refractivity contribution in [3.05, 3.63) is 59.7 Å². The molecule has 0 unspecified atom stereocenters. The number of hydroxylamine groups is 2. The Balaban J connectivity index is 0.000000399. The summed E-state index contributed by atoms with van der Waals surface area (Å²) in [4.78, 5) is 72.5. The molecule has 0 radical (unpaired) electrons. The summed E-state index contributed by atoms with van der Waals surface area (Å²) in [7, 11) is 1.48. The maximum Gasteiger partial charge on any atom is 0.539 e. The van der Waals surface area contributed by atoms with Crippen LogP contribution in [-0.2, 0) is 14.4 Å². The van der Waals surface area contributed by atoms with Crippen LogP contribution in [0.1, 0.15) is 54.8 Å². The second-order valence-corrected chi connectivity index (χ2v) is 7.43. The van der Waals surface area contributed by atoms with Crippen molar-refractivity contribution in [3.8, 4) is 11.5 Å². The van der Waals surface area contributed by atoms with Gasteiger partial charge in [-0.15, -0.1) is 0 Å². The molecule has 13 nitrogen and oxygen atoms in total. The van der Waals surface area contributed by atoms with E-state index in [1.807, 2.05) is 6.92 Å². The van der Waals surface area contributed by atoms with Crippen molar-refractivity contribution < 1.29 is 43.1 Å². The van der Waals surface area contributed by atoms with Gasteiger partial charge in [0.25, 0.3) is 23.6 Å². The first-order valence-electron chi connectivity index (χ1n) is 11.6. The van der Waals surface area contributed by atoms with E-state index in [0.717, 1.165) is 0 Å². The topological polar surface area (TPSA) is 169 Å². The molecule has 0 saturated carbocycles. The van der Waals surface area contributed by atoms with E-state index in [9.17, 15) is 28.8 Å². The minimum absolute atomic E-state index is 0. The van der Waals surface area contributed by atoms with Crippen molar-refractivity contribution in [2.45, 2.75) is 34.1 Å². The highest BCUT2D eigenvalue weighted by atomic mass is 16.8. The molecule has 0 aromatic heterocycles. The molecule has 0 atom stereocenters. The van der Waals surface area contributed by atoms with Crippen LogP contribution in [0.5, 0.6) is 11.5 Å². The molecule has 0 aliphatic carbocycles. The lowest BCUT2D eigenvalue weighted by molar-refractivity contribution is -0.174. The Hall–Kier alpha value is -4.94. The van der Waals surface area contributed by atoms with E-state index in [2.05, 4.69) is 20.8 Å². The number of nitrogens with one attached hydrogen (secondary N) is 3. The second kappa shape index (κ2) is 16.0. The highest BCUT2D eigenvalue weighted by Crippen LogP contribution is 2.16. The number of benzene rings is 2. The Kier molecular flexibility index (Phi) is 13.2. The molecule has 39 heavy (non-hydrogen) atoms. The lowest BCUT2D eigenvalue weighted by Gasteiger charge is -2.12. The van der Waals surface area contributed by atoms with Crippen LogP contribution in [0.3, 0.4) is 0 Å². The first-order valence-corrected chi connectivity index (χ1v) is 11.6. The molecule has 5 amide bonds. The Morgan fingerprint density at radius 1 is 0.744 bits per heavy atom. The van der Waals surface area contributed by atoms with Gasteiger partial charge in [0.1, 0.15) is 11.5 Å². The number of carbonyl (C=O) groups excluding carboxylic acids is 6. The van der Waals surface area contributed by atoms with Crippen molar-refractivity contribution >= 4 is 35.9 Å². The van der Waals surface area contributed by atoms with E-state index >= 15 is 0 Å². The summed E-state index contributed by atoms with van der Waals surface area (Å²) in [6.45, 7) is 4.73. The maximum absolute atomic E-state index is 11.6. The van der Waals surface area contributed by atoms with Gasteiger partial charge in [0.05, 0.1) is 0 Å². The SMILES string of the molecule is C.CCNC(=O)c1ccc(OC(=O)NC)cc1.CCNC(=O)c1ccc(OC(=O)ON2C(=O)CCC2=O)cc1. The Bertz CT molecular complexity index is 1150. The first kappa shape index (κ1) is 32.1. The Labute approximate surface area is 225 Å². The quantitative estimate of drug-likeness (QED) is 0.269. The number of hydrogen-bond acceptors (Lipinski definition) is 9. The van der Waals surface area contributed by atoms with Gasteiger partial charge in [-0.2, -0.15) is 0 Å². The van der Waals surface area contributed by atoms with Crippen LogP contribution < -0.4 is 25.4 Å². The summed E-state index contributed by atoms with van der Waals surface area (Å²) < 4.78 is 9.71. The Morgan fingerprint density at radius 2 is 1.15 bits per heavy atom. The predicted molar refractivity (Wildman–Crippen MR) is 139 cm³/mol. The predicted octanol–water partition coefficient (Wildman–Crippen LogP) is 2.81. The molecule has 2 aromatic carbocycles. The minimum Gasteiger partial charge on any atom is -0.410 e. The van der Waals surface area contributed by atoms with Gasteiger partial charge in [-0.05, 0) is 62.4 Å². The maximum atomic E-state index is 11.6. The molecule has 1 saturated heterocycles. The summed E-state index contributed by atoms with van der Waals surface area (Å²) in [5.41, 5.74) is 0.943. The van der Waals surface area contributed by atoms with Crippen LogP contribution in [0.4, 0.5) is 9.59 Å². The van der Waals surface area contributed by atoms with Crippen molar-refractivity contribution in [3.63, 3.8) is 0 Å². The van der Waals surface area contributed by atoms with Gasteiger partial charge < -0.3 is 25.4 Å². The molecule has 1 aliphatic heterocycles. The molecular formula is C26H32N4O9.